The van der Waals surface area contributed by atoms with Crippen LogP contribution in [0.15, 0.2) is 30.3 Å². The van der Waals surface area contributed by atoms with Crippen LogP contribution in [0, 0.1) is 17.8 Å². The zero-order valence-electron chi connectivity index (χ0n) is 12.7. The number of amides is 1. The minimum atomic E-state index is -0.829. The number of rotatable bonds is 5. The monoisotopic (exact) mass is 302 g/mol. The molecular formula is C17H22N2O3. The molecule has 5 heteroatoms. The molecule has 4 unspecified atom stereocenters. The zero-order chi connectivity index (χ0) is 15.7. The topological polar surface area (TPSA) is 69.6 Å². The Labute approximate surface area is 130 Å². The van der Waals surface area contributed by atoms with E-state index in [0.717, 1.165) is 18.5 Å². The Bertz CT molecular complexity index is 560. The third-order valence-corrected chi connectivity index (χ3v) is 4.74. The van der Waals surface area contributed by atoms with Crippen molar-refractivity contribution in [3.63, 3.8) is 0 Å². The lowest BCUT2D eigenvalue weighted by Crippen LogP contribution is -2.43. The number of carbonyl (C=O) groups is 2. The molecule has 118 valence electrons. The van der Waals surface area contributed by atoms with Gasteiger partial charge in [-0.15, -0.1) is 0 Å². The molecule has 1 aliphatic carbocycles. The van der Waals surface area contributed by atoms with Gasteiger partial charge in [-0.2, -0.15) is 0 Å². The average Bonchev–Trinajstić information content (AvgIpc) is 3.09. The van der Waals surface area contributed by atoms with Crippen LogP contribution in [0.3, 0.4) is 0 Å². The second-order valence-corrected chi connectivity index (χ2v) is 6.56. The maximum atomic E-state index is 12.1. The Kier molecular flexibility index (Phi) is 4.16. The van der Waals surface area contributed by atoms with Crippen molar-refractivity contribution >= 4 is 11.9 Å². The molecule has 4 atom stereocenters. The van der Waals surface area contributed by atoms with Crippen LogP contribution < -0.4 is 5.32 Å². The van der Waals surface area contributed by atoms with Crippen molar-refractivity contribution in [2.45, 2.75) is 25.9 Å². The predicted molar refractivity (Wildman–Crippen MR) is 82.0 cm³/mol. The molecule has 3 rings (SSSR count). The number of carboxylic acids is 1. The maximum Gasteiger partial charge on any atom is 0.309 e. The highest BCUT2D eigenvalue weighted by atomic mass is 16.4. The second-order valence-electron chi connectivity index (χ2n) is 6.56. The molecule has 2 aliphatic rings. The summed E-state index contributed by atoms with van der Waals surface area (Å²) >= 11 is 0. The summed E-state index contributed by atoms with van der Waals surface area (Å²) in [6, 6.07) is 9.71. The third-order valence-electron chi connectivity index (χ3n) is 4.74. The first kappa shape index (κ1) is 15.0. The number of carbonyl (C=O) groups excluding carboxylic acids is 1. The molecular weight excluding hydrogens is 280 g/mol. The molecule has 5 nitrogen and oxygen atoms in total. The van der Waals surface area contributed by atoms with E-state index < -0.39 is 11.9 Å². The summed E-state index contributed by atoms with van der Waals surface area (Å²) in [5.74, 6) is -0.820. The summed E-state index contributed by atoms with van der Waals surface area (Å²) in [5, 5.41) is 12.4. The predicted octanol–water partition coefficient (Wildman–Crippen LogP) is 1.34. The molecule has 1 aromatic carbocycles. The van der Waals surface area contributed by atoms with Crippen LogP contribution in [0.1, 0.15) is 18.9 Å². The minimum absolute atomic E-state index is 0.0188. The van der Waals surface area contributed by atoms with Crippen molar-refractivity contribution in [2.75, 3.05) is 13.1 Å². The lowest BCUT2D eigenvalue weighted by molar-refractivity contribution is -0.142. The van der Waals surface area contributed by atoms with Crippen LogP contribution >= 0.6 is 0 Å². The van der Waals surface area contributed by atoms with Gasteiger partial charge in [-0.25, -0.2) is 0 Å². The van der Waals surface area contributed by atoms with E-state index in [4.69, 9.17) is 0 Å². The fourth-order valence-electron chi connectivity index (χ4n) is 3.23. The number of benzene rings is 1. The van der Waals surface area contributed by atoms with Crippen LogP contribution in [-0.4, -0.2) is 41.0 Å². The SMILES string of the molecule is CC1CC1C(=O)NC1CN(Cc2ccccc2)CC1C(=O)O. The summed E-state index contributed by atoms with van der Waals surface area (Å²) in [6.07, 6.45) is 0.921. The molecule has 1 saturated heterocycles. The van der Waals surface area contributed by atoms with Gasteiger partial charge < -0.3 is 10.4 Å². The smallest absolute Gasteiger partial charge is 0.309 e. The Balaban J connectivity index is 1.62. The van der Waals surface area contributed by atoms with Crippen molar-refractivity contribution < 1.29 is 14.7 Å². The average molecular weight is 302 g/mol. The fourth-order valence-corrected chi connectivity index (χ4v) is 3.23. The van der Waals surface area contributed by atoms with Gasteiger partial charge in [0, 0.05) is 25.6 Å². The molecule has 2 N–H and O–H groups in total. The van der Waals surface area contributed by atoms with E-state index in [9.17, 15) is 14.7 Å². The lowest BCUT2D eigenvalue weighted by atomic mass is 10.0. The number of nitrogens with one attached hydrogen (secondary N) is 1. The van der Waals surface area contributed by atoms with Crippen molar-refractivity contribution in [1.82, 2.24) is 10.2 Å². The quantitative estimate of drug-likeness (QED) is 0.861. The number of nitrogens with zero attached hydrogens (tertiary/aromatic N) is 1. The minimum Gasteiger partial charge on any atom is -0.481 e. The molecule has 0 radical (unpaired) electrons. The highest BCUT2D eigenvalue weighted by molar-refractivity contribution is 5.83. The van der Waals surface area contributed by atoms with Gasteiger partial charge in [0.05, 0.1) is 12.0 Å². The van der Waals surface area contributed by atoms with E-state index in [1.54, 1.807) is 0 Å². The molecule has 1 heterocycles. The van der Waals surface area contributed by atoms with E-state index >= 15 is 0 Å². The van der Waals surface area contributed by atoms with Gasteiger partial charge in [0.15, 0.2) is 0 Å². The summed E-state index contributed by atoms with van der Waals surface area (Å²) < 4.78 is 0. The summed E-state index contributed by atoms with van der Waals surface area (Å²) in [7, 11) is 0. The number of aliphatic carboxylic acids is 1. The molecule has 2 fully saturated rings. The largest absolute Gasteiger partial charge is 0.481 e. The van der Waals surface area contributed by atoms with Gasteiger partial charge >= 0.3 is 5.97 Å². The number of hydrogen-bond donors (Lipinski definition) is 2. The molecule has 1 aliphatic heterocycles. The molecule has 1 amide bonds. The van der Waals surface area contributed by atoms with E-state index in [1.165, 1.54) is 0 Å². The highest BCUT2D eigenvalue weighted by Gasteiger charge is 2.43. The summed E-state index contributed by atoms with van der Waals surface area (Å²) in [4.78, 5) is 25.7. The Morgan fingerprint density at radius 3 is 2.50 bits per heavy atom. The van der Waals surface area contributed by atoms with Gasteiger partial charge in [0.2, 0.25) is 5.91 Å². The first-order valence-electron chi connectivity index (χ1n) is 7.84. The van der Waals surface area contributed by atoms with E-state index in [1.807, 2.05) is 30.3 Å². The standard InChI is InChI=1S/C17H22N2O3/c1-11-7-13(11)16(20)18-15-10-19(9-14(15)17(21)22)8-12-5-3-2-4-6-12/h2-6,11,13-15H,7-10H2,1H3,(H,18,20)(H,21,22). The Hall–Kier alpha value is -1.88. The van der Waals surface area contributed by atoms with Crippen LogP contribution in [0.4, 0.5) is 0 Å². The van der Waals surface area contributed by atoms with Gasteiger partial charge in [-0.3, -0.25) is 14.5 Å². The molecule has 1 saturated carbocycles. The van der Waals surface area contributed by atoms with Gasteiger partial charge in [-0.1, -0.05) is 37.3 Å². The van der Waals surface area contributed by atoms with Crippen LogP contribution in [0.25, 0.3) is 0 Å². The van der Waals surface area contributed by atoms with E-state index in [2.05, 4.69) is 17.1 Å². The van der Waals surface area contributed by atoms with E-state index in [0.29, 0.717) is 19.0 Å². The first-order valence-corrected chi connectivity index (χ1v) is 7.84. The van der Waals surface area contributed by atoms with Crippen molar-refractivity contribution in [3.05, 3.63) is 35.9 Å². The third kappa shape index (κ3) is 3.30. The number of likely N-dealkylation sites (tertiary alicyclic amines) is 1. The zero-order valence-corrected chi connectivity index (χ0v) is 12.7. The molecule has 0 bridgehead atoms. The number of carboxylic acid groups (broad SMARTS) is 1. The van der Waals surface area contributed by atoms with E-state index in [-0.39, 0.29) is 17.9 Å². The van der Waals surface area contributed by atoms with Gasteiger partial charge in [0.25, 0.3) is 0 Å². The Morgan fingerprint density at radius 2 is 1.91 bits per heavy atom. The Morgan fingerprint density at radius 1 is 1.23 bits per heavy atom. The summed E-state index contributed by atoms with van der Waals surface area (Å²) in [5.41, 5.74) is 1.16. The highest BCUT2D eigenvalue weighted by Crippen LogP contribution is 2.38. The van der Waals surface area contributed by atoms with Crippen molar-refractivity contribution in [2.24, 2.45) is 17.8 Å². The normalized spacial score (nSPS) is 31.0. The van der Waals surface area contributed by atoms with Crippen molar-refractivity contribution in [3.8, 4) is 0 Å². The molecule has 0 aromatic heterocycles. The molecule has 22 heavy (non-hydrogen) atoms. The van der Waals surface area contributed by atoms with Crippen LogP contribution in [0.5, 0.6) is 0 Å². The summed E-state index contributed by atoms with van der Waals surface area (Å²) in [6.45, 7) is 3.85. The second kappa shape index (κ2) is 6.08. The van der Waals surface area contributed by atoms with Crippen LogP contribution in [0.2, 0.25) is 0 Å². The van der Waals surface area contributed by atoms with Gasteiger partial charge in [0.1, 0.15) is 0 Å². The van der Waals surface area contributed by atoms with Crippen LogP contribution in [-0.2, 0) is 16.1 Å². The van der Waals surface area contributed by atoms with Crippen molar-refractivity contribution in [1.29, 1.82) is 0 Å². The molecule has 1 aromatic rings. The molecule has 0 spiro atoms. The maximum absolute atomic E-state index is 12.1. The first-order chi connectivity index (χ1) is 10.5. The lowest BCUT2D eigenvalue weighted by Gasteiger charge is -2.17. The fraction of sp³-hybridized carbons (Fsp3) is 0.529. The number of hydrogen-bond acceptors (Lipinski definition) is 3. The van der Waals surface area contributed by atoms with Gasteiger partial charge in [-0.05, 0) is 17.9 Å².